The standard InChI is InChI=1S/C7H8NO2S.Ac.Au.2K/c8-6-1-5(4-10-9)2-7(11)3-6;;;;/h1-3,8-9,11H,4H2;;;;/q-1;;+1;;+1/p-2. The summed E-state index contributed by atoms with van der Waals surface area (Å²) in [6.45, 7) is -0.0314. The van der Waals surface area contributed by atoms with Crippen LogP contribution in [0.3, 0.4) is 0 Å². The van der Waals surface area contributed by atoms with E-state index in [-0.39, 0.29) is 176 Å². The van der Waals surface area contributed by atoms with E-state index >= 15 is 0 Å². The third-order valence-electron chi connectivity index (χ3n) is 1.19. The third-order valence-corrected chi connectivity index (χ3v) is 1.43. The second-order valence-electron chi connectivity index (χ2n) is 2.13. The molecule has 1 N–H and O–H groups in total. The Balaban J connectivity index is -0.000000151. The van der Waals surface area contributed by atoms with E-state index in [0.29, 0.717) is 16.1 Å². The van der Waals surface area contributed by atoms with Gasteiger partial charge in [-0.05, 0) is 5.56 Å². The molecule has 0 atom stereocenters. The van der Waals surface area contributed by atoms with Gasteiger partial charge in [0.2, 0.25) is 0 Å². The molecule has 0 aliphatic rings. The van der Waals surface area contributed by atoms with E-state index < -0.39 is 0 Å². The predicted octanol–water partition coefficient (Wildman–Crippen LogP) is -2.31. The summed E-state index contributed by atoms with van der Waals surface area (Å²) in [5.41, 5.74) is 8.19. The molecule has 15 heavy (non-hydrogen) atoms. The first-order valence-corrected chi connectivity index (χ1v) is 3.40. The SMILES string of the molecule is [Ac].[Au+].[K+].[K].[NH-]c1cc([S-])cc(CO[O-])c1. The third kappa shape index (κ3) is 13.4. The minimum Gasteiger partial charge on any atom is -0.780 e. The largest absolute Gasteiger partial charge is 1.00 e. The molecule has 0 amide bonds. The van der Waals surface area contributed by atoms with Crippen LogP contribution in [0.5, 0.6) is 0 Å². The van der Waals surface area contributed by atoms with Crippen molar-refractivity contribution in [3.8, 4) is 0 Å². The fourth-order valence-corrected chi connectivity index (χ4v) is 1.09. The van der Waals surface area contributed by atoms with Crippen LogP contribution in [-0.2, 0) is 46.5 Å². The van der Waals surface area contributed by atoms with Crippen molar-refractivity contribution in [1.29, 1.82) is 0 Å². The van der Waals surface area contributed by atoms with Crippen LogP contribution in [-0.4, -0.2) is 51.4 Å². The molecule has 1 aromatic rings. The number of hydrogen-bond donors (Lipinski definition) is 0. The fraction of sp³-hybridized carbons (Fsp3) is 0.143. The van der Waals surface area contributed by atoms with Gasteiger partial charge in [-0.3, -0.25) is 0 Å². The first-order valence-electron chi connectivity index (χ1n) is 3.00. The molecule has 8 heteroatoms. The van der Waals surface area contributed by atoms with Crippen molar-refractivity contribution in [3.63, 3.8) is 0 Å². The molecule has 0 fully saturated rings. The van der Waals surface area contributed by atoms with Crippen LogP contribution in [0.25, 0.3) is 5.73 Å². The fourth-order valence-electron chi connectivity index (χ4n) is 0.812. The number of benzene rings is 1. The molecule has 0 spiro atoms. The predicted molar refractivity (Wildman–Crippen MR) is 46.6 cm³/mol. The summed E-state index contributed by atoms with van der Waals surface area (Å²) in [6, 6.07) is 4.74. The molecule has 0 aliphatic heterocycles. The van der Waals surface area contributed by atoms with Gasteiger partial charge in [0.05, 0.1) is 6.61 Å². The Morgan fingerprint density at radius 2 is 1.87 bits per heavy atom. The van der Waals surface area contributed by atoms with Crippen molar-refractivity contribution in [1.82, 2.24) is 0 Å². The smallest absolute Gasteiger partial charge is 0.780 e. The van der Waals surface area contributed by atoms with Crippen LogP contribution in [0, 0.1) is 44.1 Å². The van der Waals surface area contributed by atoms with Gasteiger partial charge in [0, 0.05) is 95.4 Å². The summed E-state index contributed by atoms with van der Waals surface area (Å²) in [4.78, 5) is 4.22. The maximum Gasteiger partial charge on any atom is 1.00 e. The molecule has 3 nitrogen and oxygen atoms in total. The summed E-state index contributed by atoms with van der Waals surface area (Å²) in [5.74, 6) is 0. The molecule has 0 saturated heterocycles. The number of hydrogen-bond acceptors (Lipinski definition) is 3. The molecule has 2 radical (unpaired) electrons. The Bertz CT molecular complexity index is 250. The molecule has 0 aliphatic carbocycles. The average Bonchev–Trinajstić information content (AvgIpc) is 1.85. The Labute approximate surface area is 232 Å². The van der Waals surface area contributed by atoms with Gasteiger partial charge in [-0.1, -0.05) is 18.2 Å². The summed E-state index contributed by atoms with van der Waals surface area (Å²) >= 11 is 4.82. The summed E-state index contributed by atoms with van der Waals surface area (Å²) in [7, 11) is 0. The molecule has 0 saturated carbocycles. The van der Waals surface area contributed by atoms with Crippen LogP contribution in [0.15, 0.2) is 23.1 Å². The molecule has 1 aromatic carbocycles. The average molecular weight is 670 g/mol. The summed E-state index contributed by atoms with van der Waals surface area (Å²) in [5, 5.41) is 9.73. The van der Waals surface area contributed by atoms with E-state index in [0.717, 1.165) is 0 Å². The van der Waals surface area contributed by atoms with E-state index in [1.54, 1.807) is 18.2 Å². The van der Waals surface area contributed by atoms with Gasteiger partial charge in [0.25, 0.3) is 0 Å². The molecule has 1 rings (SSSR count). The topological polar surface area (TPSA) is 56.1 Å². The maximum absolute atomic E-state index is 9.73. The van der Waals surface area contributed by atoms with Crippen molar-refractivity contribution in [2.45, 2.75) is 11.5 Å². The van der Waals surface area contributed by atoms with Crippen molar-refractivity contribution in [2.75, 3.05) is 0 Å². The van der Waals surface area contributed by atoms with E-state index in [1.165, 1.54) is 0 Å². The molecule has 0 aromatic heterocycles. The van der Waals surface area contributed by atoms with Gasteiger partial charge in [0.15, 0.2) is 0 Å². The first kappa shape index (κ1) is 27.9. The minimum atomic E-state index is -0.0314. The van der Waals surface area contributed by atoms with Crippen molar-refractivity contribution in [3.05, 3.63) is 29.5 Å². The normalized spacial score (nSPS) is 7.27. The zero-order chi connectivity index (χ0) is 8.27. The minimum absolute atomic E-state index is 0. The van der Waals surface area contributed by atoms with Crippen LogP contribution in [0.1, 0.15) is 5.56 Å². The quantitative estimate of drug-likeness (QED) is 0.154. The molecule has 74 valence electrons. The van der Waals surface area contributed by atoms with Crippen molar-refractivity contribution < 1.29 is 128 Å². The summed E-state index contributed by atoms with van der Waals surface area (Å²) in [6.07, 6.45) is 0. The molecule has 0 heterocycles. The van der Waals surface area contributed by atoms with E-state index in [9.17, 15) is 5.26 Å². The monoisotopic (exact) mass is 670 g/mol. The van der Waals surface area contributed by atoms with E-state index in [2.05, 4.69) is 4.89 Å². The van der Waals surface area contributed by atoms with E-state index in [4.69, 9.17) is 18.4 Å². The molecular formula is C7H6AcAuK2NO2S-. The van der Waals surface area contributed by atoms with Gasteiger partial charge in [-0.25, -0.2) is 0 Å². The zero-order valence-electron chi connectivity index (χ0n) is 8.54. The van der Waals surface area contributed by atoms with Gasteiger partial charge in [0.1, 0.15) is 0 Å². The van der Waals surface area contributed by atoms with Crippen molar-refractivity contribution >= 4 is 69.7 Å². The van der Waals surface area contributed by atoms with Crippen molar-refractivity contribution in [2.24, 2.45) is 0 Å². The molecular weight excluding hydrogens is 664 g/mol. The van der Waals surface area contributed by atoms with Crippen LogP contribution in [0.4, 0.5) is 5.69 Å². The Morgan fingerprint density at radius 1 is 1.33 bits per heavy atom. The Morgan fingerprint density at radius 3 is 2.27 bits per heavy atom. The Hall–Kier alpha value is 4.61. The second-order valence-corrected chi connectivity index (χ2v) is 2.60. The maximum atomic E-state index is 9.73. The van der Waals surface area contributed by atoms with Crippen LogP contribution < -0.4 is 56.6 Å². The van der Waals surface area contributed by atoms with Crippen LogP contribution in [0.2, 0.25) is 0 Å². The second kappa shape index (κ2) is 16.7. The van der Waals surface area contributed by atoms with Gasteiger partial charge in [-0.2, -0.15) is 4.90 Å². The molecule has 0 unspecified atom stereocenters. The first-order chi connectivity index (χ1) is 5.22. The Kier molecular flexibility index (Phi) is 31.0. The van der Waals surface area contributed by atoms with Gasteiger partial charge < -0.3 is 28.5 Å². The van der Waals surface area contributed by atoms with E-state index in [1.807, 2.05) is 0 Å². The molecule has 0 bridgehead atoms. The van der Waals surface area contributed by atoms with Gasteiger partial charge >= 0.3 is 73.8 Å². The summed E-state index contributed by atoms with van der Waals surface area (Å²) < 4.78 is 0. The van der Waals surface area contributed by atoms with Crippen LogP contribution >= 0.6 is 0 Å². The number of rotatable bonds is 2. The zero-order valence-corrected chi connectivity index (χ0v) is 22.5. The van der Waals surface area contributed by atoms with Gasteiger partial charge in [-0.15, -0.1) is 5.69 Å². The number of nitrogens with one attached hydrogen (secondary N) is 1.